The topological polar surface area (TPSA) is 45.0 Å². The summed E-state index contributed by atoms with van der Waals surface area (Å²) in [4.78, 5) is 0. The zero-order valence-corrected chi connectivity index (χ0v) is 5.79. The number of ether oxygens (including phenoxy) is 1. The number of benzene rings is 1. The number of rotatable bonds is 0. The van der Waals surface area contributed by atoms with Crippen LogP contribution in [0.3, 0.4) is 0 Å². The Morgan fingerprint density at radius 1 is 1.55 bits per heavy atom. The van der Waals surface area contributed by atoms with E-state index in [4.69, 9.17) is 10.00 Å². The number of nitrogens with zero attached hydrogens (tertiary/aromatic N) is 1. The summed E-state index contributed by atoms with van der Waals surface area (Å²) in [6.07, 6.45) is 0. The van der Waals surface area contributed by atoms with Crippen LogP contribution in [0.5, 0.6) is 5.75 Å². The maximum absolute atomic E-state index is 8.54. The Morgan fingerprint density at radius 3 is 3.27 bits per heavy atom. The van der Waals surface area contributed by atoms with Crippen LogP contribution in [0, 0.1) is 11.3 Å². The molecule has 0 amide bonds. The van der Waals surface area contributed by atoms with Crippen molar-refractivity contribution in [3.8, 4) is 11.8 Å². The first kappa shape index (κ1) is 6.05. The van der Waals surface area contributed by atoms with Gasteiger partial charge in [-0.15, -0.1) is 0 Å². The Morgan fingerprint density at radius 2 is 2.45 bits per heavy atom. The molecule has 3 nitrogen and oxygen atoms in total. The SMILES string of the molecule is N#Cc1ccc2c(c1)OCN2. The Hall–Kier alpha value is -1.69. The Labute approximate surface area is 64.2 Å². The van der Waals surface area contributed by atoms with Gasteiger partial charge in [-0.25, -0.2) is 0 Å². The van der Waals surface area contributed by atoms with Gasteiger partial charge in [0.25, 0.3) is 0 Å². The maximum Gasteiger partial charge on any atom is 0.159 e. The lowest BCUT2D eigenvalue weighted by Gasteiger charge is -1.94. The number of fused-ring (bicyclic) bond motifs is 1. The van der Waals surface area contributed by atoms with Gasteiger partial charge in [0.05, 0.1) is 17.3 Å². The van der Waals surface area contributed by atoms with Gasteiger partial charge in [0, 0.05) is 6.07 Å². The molecule has 0 fully saturated rings. The number of hydrogen-bond acceptors (Lipinski definition) is 3. The van der Waals surface area contributed by atoms with Gasteiger partial charge < -0.3 is 10.1 Å². The van der Waals surface area contributed by atoms with E-state index in [1.54, 1.807) is 12.1 Å². The molecule has 0 radical (unpaired) electrons. The zero-order valence-electron chi connectivity index (χ0n) is 5.79. The van der Waals surface area contributed by atoms with Crippen molar-refractivity contribution >= 4 is 5.69 Å². The average molecular weight is 146 g/mol. The monoisotopic (exact) mass is 146 g/mol. The minimum Gasteiger partial charge on any atom is -0.471 e. The van der Waals surface area contributed by atoms with Crippen LogP contribution < -0.4 is 10.1 Å². The smallest absolute Gasteiger partial charge is 0.159 e. The van der Waals surface area contributed by atoms with E-state index >= 15 is 0 Å². The summed E-state index contributed by atoms with van der Waals surface area (Å²) in [5.74, 6) is 0.768. The lowest BCUT2D eigenvalue weighted by atomic mass is 10.2. The molecule has 0 aliphatic carbocycles. The molecular formula is C8H6N2O. The second kappa shape index (κ2) is 2.17. The number of nitriles is 1. The maximum atomic E-state index is 8.54. The van der Waals surface area contributed by atoms with Gasteiger partial charge in [-0.1, -0.05) is 0 Å². The summed E-state index contributed by atoms with van der Waals surface area (Å²) in [6, 6.07) is 7.39. The van der Waals surface area contributed by atoms with Crippen molar-refractivity contribution in [3.05, 3.63) is 23.8 Å². The predicted molar refractivity (Wildman–Crippen MR) is 40.3 cm³/mol. The fourth-order valence-electron chi connectivity index (χ4n) is 1.05. The first-order valence-corrected chi connectivity index (χ1v) is 3.31. The van der Waals surface area contributed by atoms with Crippen LogP contribution in [0.4, 0.5) is 5.69 Å². The largest absolute Gasteiger partial charge is 0.471 e. The highest BCUT2D eigenvalue weighted by Gasteiger charge is 2.10. The molecule has 0 spiro atoms. The minimum absolute atomic E-state index is 0.504. The van der Waals surface area contributed by atoms with Crippen LogP contribution in [-0.2, 0) is 0 Å². The van der Waals surface area contributed by atoms with Crippen LogP contribution in [0.25, 0.3) is 0 Å². The quantitative estimate of drug-likeness (QED) is 0.600. The Balaban J connectivity index is 2.51. The molecule has 0 unspecified atom stereocenters. The molecule has 1 heterocycles. The minimum atomic E-state index is 0.504. The van der Waals surface area contributed by atoms with Crippen LogP contribution >= 0.6 is 0 Å². The normalized spacial score (nSPS) is 12.6. The third-order valence-corrected chi connectivity index (χ3v) is 1.60. The van der Waals surface area contributed by atoms with Crippen molar-refractivity contribution in [1.29, 1.82) is 5.26 Å². The second-order valence-corrected chi connectivity index (χ2v) is 2.29. The molecule has 1 aliphatic heterocycles. The molecule has 1 aromatic carbocycles. The van der Waals surface area contributed by atoms with E-state index < -0.39 is 0 Å². The van der Waals surface area contributed by atoms with Crippen molar-refractivity contribution in [1.82, 2.24) is 0 Å². The summed E-state index contributed by atoms with van der Waals surface area (Å²) in [5, 5.41) is 11.6. The fourth-order valence-corrected chi connectivity index (χ4v) is 1.05. The summed E-state index contributed by atoms with van der Waals surface area (Å²) in [7, 11) is 0. The molecule has 11 heavy (non-hydrogen) atoms. The van der Waals surface area contributed by atoms with E-state index in [1.165, 1.54) is 0 Å². The molecule has 1 N–H and O–H groups in total. The van der Waals surface area contributed by atoms with Gasteiger partial charge in [-0.2, -0.15) is 5.26 Å². The third kappa shape index (κ3) is 0.887. The predicted octanol–water partition coefficient (Wildman–Crippen LogP) is 1.32. The van der Waals surface area contributed by atoms with Crippen molar-refractivity contribution < 1.29 is 4.74 Å². The highest BCUT2D eigenvalue weighted by atomic mass is 16.5. The van der Waals surface area contributed by atoms with Gasteiger partial charge in [0.1, 0.15) is 5.75 Å². The van der Waals surface area contributed by atoms with Crippen LogP contribution in [0.1, 0.15) is 5.56 Å². The number of anilines is 1. The molecule has 3 heteroatoms. The average Bonchev–Trinajstić information content (AvgIpc) is 2.50. The molecule has 0 bridgehead atoms. The molecule has 0 atom stereocenters. The standard InChI is InChI=1S/C8H6N2O/c9-4-6-1-2-7-8(3-6)11-5-10-7/h1-3,10H,5H2. The zero-order chi connectivity index (χ0) is 7.68. The molecule has 0 aromatic heterocycles. The lowest BCUT2D eigenvalue weighted by molar-refractivity contribution is 0.372. The van der Waals surface area contributed by atoms with Gasteiger partial charge in [-0.05, 0) is 12.1 Å². The first-order valence-electron chi connectivity index (χ1n) is 3.31. The van der Waals surface area contributed by atoms with Gasteiger partial charge >= 0.3 is 0 Å². The van der Waals surface area contributed by atoms with E-state index in [1.807, 2.05) is 12.1 Å². The molecule has 1 aliphatic rings. The molecule has 2 rings (SSSR count). The Kier molecular flexibility index (Phi) is 1.19. The molecule has 1 aromatic rings. The van der Waals surface area contributed by atoms with E-state index in [2.05, 4.69) is 5.32 Å². The first-order chi connectivity index (χ1) is 5.40. The fraction of sp³-hybridized carbons (Fsp3) is 0.125. The van der Waals surface area contributed by atoms with E-state index in [0.29, 0.717) is 12.3 Å². The van der Waals surface area contributed by atoms with Crippen molar-refractivity contribution in [2.45, 2.75) is 0 Å². The van der Waals surface area contributed by atoms with Crippen LogP contribution in [0.2, 0.25) is 0 Å². The summed E-state index contributed by atoms with van der Waals surface area (Å²) in [6.45, 7) is 0.504. The molecule has 54 valence electrons. The number of nitrogens with one attached hydrogen (secondary N) is 1. The van der Waals surface area contributed by atoms with Crippen molar-refractivity contribution in [2.24, 2.45) is 0 Å². The van der Waals surface area contributed by atoms with Gasteiger partial charge in [-0.3, -0.25) is 0 Å². The lowest BCUT2D eigenvalue weighted by Crippen LogP contribution is -1.96. The summed E-state index contributed by atoms with van der Waals surface area (Å²) < 4.78 is 5.18. The molecular weight excluding hydrogens is 140 g/mol. The van der Waals surface area contributed by atoms with Gasteiger partial charge in [0.15, 0.2) is 6.73 Å². The summed E-state index contributed by atoms with van der Waals surface area (Å²) >= 11 is 0. The van der Waals surface area contributed by atoms with Crippen LogP contribution in [0.15, 0.2) is 18.2 Å². The second-order valence-electron chi connectivity index (χ2n) is 2.29. The van der Waals surface area contributed by atoms with Gasteiger partial charge in [0.2, 0.25) is 0 Å². The molecule has 0 saturated carbocycles. The third-order valence-electron chi connectivity index (χ3n) is 1.60. The Bertz CT molecular complexity index is 327. The highest BCUT2D eigenvalue weighted by molar-refractivity contribution is 5.61. The van der Waals surface area contributed by atoms with E-state index in [9.17, 15) is 0 Å². The van der Waals surface area contributed by atoms with E-state index in [0.717, 1.165) is 11.4 Å². The van der Waals surface area contributed by atoms with Crippen LogP contribution in [-0.4, -0.2) is 6.73 Å². The van der Waals surface area contributed by atoms with Crippen molar-refractivity contribution in [3.63, 3.8) is 0 Å². The summed E-state index contributed by atoms with van der Waals surface area (Å²) in [5.41, 5.74) is 1.59. The number of hydrogen-bond donors (Lipinski definition) is 1. The van der Waals surface area contributed by atoms with E-state index in [-0.39, 0.29) is 0 Å². The molecule has 0 saturated heterocycles. The highest BCUT2D eigenvalue weighted by Crippen LogP contribution is 2.29. The van der Waals surface area contributed by atoms with Crippen molar-refractivity contribution in [2.75, 3.05) is 12.0 Å².